The van der Waals surface area contributed by atoms with Crippen molar-refractivity contribution >= 4 is 5.97 Å². The highest BCUT2D eigenvalue weighted by molar-refractivity contribution is 5.76. The van der Waals surface area contributed by atoms with Crippen LogP contribution in [0.3, 0.4) is 0 Å². The van der Waals surface area contributed by atoms with E-state index in [-0.39, 0.29) is 0 Å². The highest BCUT2D eigenvalue weighted by Gasteiger charge is 2.65. The minimum atomic E-state index is -4.89. The molecule has 5 atom stereocenters. The molecule has 2 aliphatic rings. The van der Waals surface area contributed by atoms with Gasteiger partial charge in [0.1, 0.15) is 12.2 Å². The van der Waals surface area contributed by atoms with Crippen LogP contribution in [0.25, 0.3) is 0 Å². The predicted octanol–water partition coefficient (Wildman–Crippen LogP) is -0.424. The van der Waals surface area contributed by atoms with Gasteiger partial charge in [0.2, 0.25) is 0 Å². The minimum absolute atomic E-state index is 0.896. The second-order valence-electron chi connectivity index (χ2n) is 5.37. The minimum Gasteiger partial charge on any atom is -0.477 e. The Labute approximate surface area is 122 Å². The normalized spacial score (nSPS) is 41.8. The van der Waals surface area contributed by atoms with E-state index in [4.69, 9.17) is 19.7 Å². The van der Waals surface area contributed by atoms with Gasteiger partial charge < -0.3 is 34.3 Å². The number of aliphatic hydroxyl groups is 2. The Morgan fingerprint density at radius 1 is 1.27 bits per heavy atom. The van der Waals surface area contributed by atoms with Crippen LogP contribution in [-0.4, -0.2) is 70.2 Å². The van der Waals surface area contributed by atoms with E-state index in [0.29, 0.717) is 0 Å². The molecule has 8 nitrogen and oxygen atoms in total. The van der Waals surface area contributed by atoms with E-state index >= 15 is 0 Å². The average Bonchev–Trinajstić information content (AvgIpc) is 2.87. The van der Waals surface area contributed by atoms with Crippen LogP contribution in [0.2, 0.25) is 0 Å². The van der Waals surface area contributed by atoms with E-state index in [0.717, 1.165) is 0 Å². The summed E-state index contributed by atoms with van der Waals surface area (Å²) in [6, 6.07) is 0. The number of halogens is 3. The Morgan fingerprint density at radius 2 is 1.86 bits per heavy atom. The molecule has 0 aliphatic carbocycles. The Kier molecular flexibility index (Phi) is 4.17. The lowest BCUT2D eigenvalue weighted by molar-refractivity contribution is -0.285. The lowest BCUT2D eigenvalue weighted by Gasteiger charge is -2.27. The van der Waals surface area contributed by atoms with Crippen LogP contribution in [0, 0.1) is 0 Å². The van der Waals surface area contributed by atoms with Gasteiger partial charge in [-0.15, -0.1) is 0 Å². The average molecular weight is 332 g/mol. The molecule has 2 aliphatic heterocycles. The number of ether oxygens (including phenoxy) is 4. The quantitative estimate of drug-likeness (QED) is 0.638. The number of hydrogen-bond donors (Lipinski definition) is 3. The maximum atomic E-state index is 12.7. The van der Waals surface area contributed by atoms with Crippen molar-refractivity contribution in [3.63, 3.8) is 0 Å². The number of carbonyl (C=O) groups is 1. The largest absolute Gasteiger partial charge is 0.477 e. The fraction of sp³-hybridized carbons (Fsp3) is 0.909. The van der Waals surface area contributed by atoms with Crippen molar-refractivity contribution in [1.82, 2.24) is 0 Å². The molecule has 0 radical (unpaired) electrons. The zero-order valence-corrected chi connectivity index (χ0v) is 11.5. The molecule has 22 heavy (non-hydrogen) atoms. The van der Waals surface area contributed by atoms with Crippen LogP contribution in [0.4, 0.5) is 13.2 Å². The Bertz CT molecular complexity index is 453. The highest BCUT2D eigenvalue weighted by atomic mass is 19.4. The zero-order valence-electron chi connectivity index (χ0n) is 11.5. The molecular formula is C11H15F3O8. The molecule has 0 amide bonds. The van der Waals surface area contributed by atoms with Crippen LogP contribution in [0.5, 0.6) is 0 Å². The van der Waals surface area contributed by atoms with Gasteiger partial charge in [-0.2, -0.15) is 13.2 Å². The maximum Gasteiger partial charge on any atom is 0.440 e. The highest BCUT2D eigenvalue weighted by Crippen LogP contribution is 2.42. The van der Waals surface area contributed by atoms with Gasteiger partial charge in [-0.25, -0.2) is 4.79 Å². The number of alkyl halides is 3. The Balaban J connectivity index is 2.30. The van der Waals surface area contributed by atoms with Gasteiger partial charge in [0.05, 0.1) is 6.61 Å². The van der Waals surface area contributed by atoms with E-state index in [1.165, 1.54) is 13.8 Å². The van der Waals surface area contributed by atoms with Crippen LogP contribution in [0.15, 0.2) is 0 Å². The molecule has 2 heterocycles. The molecule has 3 N–H and O–H groups in total. The number of carboxylic acids is 1. The van der Waals surface area contributed by atoms with E-state index in [1.54, 1.807) is 0 Å². The van der Waals surface area contributed by atoms with Gasteiger partial charge in [-0.1, -0.05) is 0 Å². The fourth-order valence-corrected chi connectivity index (χ4v) is 2.36. The monoisotopic (exact) mass is 332 g/mol. The molecule has 0 spiro atoms. The number of aliphatic hydroxyl groups excluding tert-OH is 1. The van der Waals surface area contributed by atoms with Crippen molar-refractivity contribution in [2.24, 2.45) is 0 Å². The summed E-state index contributed by atoms with van der Waals surface area (Å²) in [7, 11) is 0. The summed E-state index contributed by atoms with van der Waals surface area (Å²) in [5.41, 5.74) is 0. The van der Waals surface area contributed by atoms with Gasteiger partial charge in [-0.05, 0) is 13.8 Å². The van der Waals surface area contributed by atoms with Crippen molar-refractivity contribution in [2.75, 3.05) is 6.61 Å². The van der Waals surface area contributed by atoms with Crippen LogP contribution < -0.4 is 0 Å². The van der Waals surface area contributed by atoms with Crippen molar-refractivity contribution in [3.8, 4) is 0 Å². The third-order valence-corrected chi connectivity index (χ3v) is 3.20. The fourth-order valence-electron chi connectivity index (χ4n) is 2.36. The first-order valence-corrected chi connectivity index (χ1v) is 6.23. The third-order valence-electron chi connectivity index (χ3n) is 3.20. The summed E-state index contributed by atoms with van der Waals surface area (Å²) in [6.45, 7) is 1.64. The summed E-state index contributed by atoms with van der Waals surface area (Å²) in [6.07, 6.45) is -12.6. The molecular weight excluding hydrogens is 317 g/mol. The van der Waals surface area contributed by atoms with Crippen LogP contribution >= 0.6 is 0 Å². The summed E-state index contributed by atoms with van der Waals surface area (Å²) >= 11 is 0. The Hall–Kier alpha value is -0.980. The molecule has 0 aromatic carbocycles. The molecule has 0 aromatic rings. The van der Waals surface area contributed by atoms with Gasteiger partial charge in [0.25, 0.3) is 12.1 Å². The first-order valence-electron chi connectivity index (χ1n) is 6.23. The summed E-state index contributed by atoms with van der Waals surface area (Å²) in [5.74, 6) is -6.39. The molecule has 0 aromatic heterocycles. The van der Waals surface area contributed by atoms with Crippen LogP contribution in [0.1, 0.15) is 13.8 Å². The molecule has 2 rings (SSSR count). The number of hydrogen-bond acceptors (Lipinski definition) is 7. The summed E-state index contributed by atoms with van der Waals surface area (Å²) in [5, 5.41) is 28.3. The van der Waals surface area contributed by atoms with Gasteiger partial charge in [-0.3, -0.25) is 0 Å². The Morgan fingerprint density at radius 3 is 2.32 bits per heavy atom. The predicted molar refractivity (Wildman–Crippen MR) is 59.3 cm³/mol. The molecule has 2 saturated heterocycles. The topological polar surface area (TPSA) is 115 Å². The SMILES string of the molecule is CC1(C)O[C@@H]([C@@H]2OC(C(F)(F)F)O[C@@H]2CO)[C@](O)(C(=O)O)O1. The molecule has 128 valence electrons. The smallest absolute Gasteiger partial charge is 0.440 e. The number of rotatable bonds is 3. The molecule has 11 heteroatoms. The second-order valence-corrected chi connectivity index (χ2v) is 5.37. The van der Waals surface area contributed by atoms with Crippen molar-refractivity contribution in [2.45, 2.75) is 56.2 Å². The first-order chi connectivity index (χ1) is 9.90. The van der Waals surface area contributed by atoms with Crippen LogP contribution in [-0.2, 0) is 23.7 Å². The van der Waals surface area contributed by atoms with Gasteiger partial charge >= 0.3 is 12.1 Å². The van der Waals surface area contributed by atoms with E-state index in [1.807, 2.05) is 0 Å². The third kappa shape index (κ3) is 2.92. The lowest BCUT2D eigenvalue weighted by Crippen LogP contribution is -2.55. The maximum absolute atomic E-state index is 12.7. The number of carboxylic acid groups (broad SMARTS) is 1. The molecule has 0 saturated carbocycles. The lowest BCUT2D eigenvalue weighted by atomic mass is 10.0. The number of aliphatic carboxylic acids is 1. The standard InChI is InChI=1S/C11H15F3O8/c1-9(2)21-6(10(18,22-9)7(16)17)5-4(3-15)19-8(20-5)11(12,13)14/h4-6,8,15,18H,3H2,1-2H3,(H,16,17)/t4-,5-,6+,8?,10-/m1/s1. The second kappa shape index (κ2) is 5.28. The van der Waals surface area contributed by atoms with Gasteiger partial charge in [0.15, 0.2) is 11.9 Å². The van der Waals surface area contributed by atoms with Gasteiger partial charge in [0, 0.05) is 0 Å². The summed E-state index contributed by atoms with van der Waals surface area (Å²) < 4.78 is 57.1. The molecule has 0 bridgehead atoms. The van der Waals surface area contributed by atoms with E-state index in [9.17, 15) is 23.1 Å². The molecule has 1 unspecified atom stereocenters. The van der Waals surface area contributed by atoms with E-state index in [2.05, 4.69) is 9.47 Å². The van der Waals surface area contributed by atoms with E-state index < -0.39 is 54.9 Å². The first kappa shape index (κ1) is 17.4. The summed E-state index contributed by atoms with van der Waals surface area (Å²) in [4.78, 5) is 11.2. The molecule has 2 fully saturated rings. The van der Waals surface area contributed by atoms with Crippen molar-refractivity contribution in [1.29, 1.82) is 0 Å². The van der Waals surface area contributed by atoms with Crippen molar-refractivity contribution < 1.29 is 52.2 Å². The zero-order chi connectivity index (χ0) is 16.9. The van der Waals surface area contributed by atoms with Crippen molar-refractivity contribution in [3.05, 3.63) is 0 Å².